The second-order valence-electron chi connectivity index (χ2n) is 10.7. The molecule has 7 nitrogen and oxygen atoms in total. The lowest BCUT2D eigenvalue weighted by molar-refractivity contribution is -0.150. The molecule has 1 saturated heterocycles. The van der Waals surface area contributed by atoms with E-state index in [4.69, 9.17) is 9.47 Å². The fourth-order valence-electron chi connectivity index (χ4n) is 5.17. The number of nitrogens with one attached hydrogen (secondary N) is 3. The van der Waals surface area contributed by atoms with Crippen LogP contribution in [-0.2, 0) is 20.4 Å². The summed E-state index contributed by atoms with van der Waals surface area (Å²) in [6, 6.07) is 3.64. The van der Waals surface area contributed by atoms with Crippen molar-refractivity contribution < 1.29 is 32.2 Å². The first kappa shape index (κ1) is 27.0. The highest BCUT2D eigenvalue weighted by Crippen LogP contribution is 2.49. The molecule has 0 spiro atoms. The number of amides is 2. The van der Waals surface area contributed by atoms with Crippen LogP contribution in [0.5, 0.6) is 0 Å². The molecule has 0 saturated carbocycles. The predicted octanol–water partition coefficient (Wildman–Crippen LogP) is 5.11. The zero-order chi connectivity index (χ0) is 26.8. The molecule has 4 rings (SSSR count). The van der Waals surface area contributed by atoms with Crippen molar-refractivity contribution in [2.45, 2.75) is 70.1 Å². The molecular formula is C27H34F3N3O4. The van der Waals surface area contributed by atoms with E-state index in [1.807, 2.05) is 12.2 Å². The summed E-state index contributed by atoms with van der Waals surface area (Å²) in [6.45, 7) is 5.61. The number of anilines is 1. The summed E-state index contributed by atoms with van der Waals surface area (Å²) in [6.07, 6.45) is 3.54. The van der Waals surface area contributed by atoms with Gasteiger partial charge in [0.1, 0.15) is 11.7 Å². The molecule has 2 heterocycles. The van der Waals surface area contributed by atoms with Crippen LogP contribution in [-0.4, -0.2) is 42.8 Å². The summed E-state index contributed by atoms with van der Waals surface area (Å²) in [5.74, 6) is -0.274. The SMILES string of the molecule is CC(C)(C)OC(=O)NCCNC(=O)[C@@H]1CC[C@@H]2[C@H](O1)c1cc(C(F)(F)F)ccc1N[C@H]2C1C=CC=CC1. The largest absolute Gasteiger partial charge is 0.444 e. The van der Waals surface area contributed by atoms with Crippen molar-refractivity contribution in [2.75, 3.05) is 18.4 Å². The number of fused-ring (bicyclic) bond motifs is 3. The zero-order valence-electron chi connectivity index (χ0n) is 21.2. The number of ether oxygens (including phenoxy) is 2. The first-order valence-electron chi connectivity index (χ1n) is 12.6. The molecule has 0 aromatic heterocycles. The number of hydrogen-bond acceptors (Lipinski definition) is 5. The summed E-state index contributed by atoms with van der Waals surface area (Å²) >= 11 is 0. The predicted molar refractivity (Wildman–Crippen MR) is 133 cm³/mol. The minimum Gasteiger partial charge on any atom is -0.444 e. The number of hydrogen-bond donors (Lipinski definition) is 3. The first-order valence-corrected chi connectivity index (χ1v) is 12.6. The van der Waals surface area contributed by atoms with Crippen molar-refractivity contribution in [3.63, 3.8) is 0 Å². The van der Waals surface area contributed by atoms with Gasteiger partial charge in [-0.05, 0) is 58.2 Å². The van der Waals surface area contributed by atoms with Crippen LogP contribution in [0.2, 0.25) is 0 Å². The van der Waals surface area contributed by atoms with Crippen LogP contribution in [0.15, 0.2) is 42.5 Å². The van der Waals surface area contributed by atoms with E-state index < -0.39 is 35.6 Å². The Morgan fingerprint density at radius 2 is 1.86 bits per heavy atom. The van der Waals surface area contributed by atoms with Crippen LogP contribution < -0.4 is 16.0 Å². The molecule has 0 bridgehead atoms. The molecule has 0 radical (unpaired) electrons. The number of alkyl halides is 3. The van der Waals surface area contributed by atoms with Crippen LogP contribution >= 0.6 is 0 Å². The highest BCUT2D eigenvalue weighted by Gasteiger charge is 2.46. The molecular weight excluding hydrogens is 487 g/mol. The second kappa shape index (κ2) is 10.8. The van der Waals surface area contributed by atoms with Gasteiger partial charge >= 0.3 is 12.3 Å². The van der Waals surface area contributed by atoms with Crippen LogP contribution in [0.25, 0.3) is 0 Å². The molecule has 5 atom stereocenters. The molecule has 2 amide bonds. The fraction of sp³-hybridized carbons (Fsp3) is 0.556. The van der Waals surface area contributed by atoms with Crippen molar-refractivity contribution in [3.05, 3.63) is 53.6 Å². The Kier molecular flexibility index (Phi) is 7.87. The van der Waals surface area contributed by atoms with Gasteiger partial charge in [0.05, 0.1) is 11.7 Å². The summed E-state index contributed by atoms with van der Waals surface area (Å²) in [5.41, 5.74) is -0.340. The Labute approximate surface area is 214 Å². The molecule has 1 aromatic carbocycles. The second-order valence-corrected chi connectivity index (χ2v) is 10.7. The van der Waals surface area contributed by atoms with Gasteiger partial charge in [-0.2, -0.15) is 13.2 Å². The Morgan fingerprint density at radius 1 is 1.11 bits per heavy atom. The smallest absolute Gasteiger partial charge is 0.416 e. The first-order chi connectivity index (χ1) is 17.4. The highest BCUT2D eigenvalue weighted by atomic mass is 19.4. The average molecular weight is 522 g/mol. The third-order valence-corrected chi connectivity index (χ3v) is 6.79. The number of carbonyl (C=O) groups excluding carboxylic acids is 2. The summed E-state index contributed by atoms with van der Waals surface area (Å²) < 4.78 is 51.9. The summed E-state index contributed by atoms with van der Waals surface area (Å²) in [5, 5.41) is 8.80. The van der Waals surface area contributed by atoms with E-state index in [0.29, 0.717) is 24.1 Å². The van der Waals surface area contributed by atoms with Crippen LogP contribution in [0.4, 0.5) is 23.7 Å². The minimum atomic E-state index is -4.48. The number of allylic oxidation sites excluding steroid dienone is 3. The lowest BCUT2D eigenvalue weighted by Crippen LogP contribution is -2.50. The van der Waals surface area contributed by atoms with Gasteiger partial charge in [0.2, 0.25) is 5.91 Å². The van der Waals surface area contributed by atoms with Crippen LogP contribution in [0.1, 0.15) is 57.3 Å². The number of halogens is 3. The molecule has 202 valence electrons. The molecule has 1 aliphatic carbocycles. The Bertz CT molecular complexity index is 1060. The molecule has 1 aromatic rings. The van der Waals surface area contributed by atoms with Gasteiger partial charge in [0.15, 0.2) is 0 Å². The number of rotatable bonds is 5. The normalized spacial score (nSPS) is 26.9. The van der Waals surface area contributed by atoms with E-state index >= 15 is 0 Å². The summed E-state index contributed by atoms with van der Waals surface area (Å²) in [7, 11) is 0. The number of alkyl carbamates (subject to hydrolysis) is 1. The van der Waals surface area contributed by atoms with Gasteiger partial charge in [-0.15, -0.1) is 0 Å². The molecule has 3 N–H and O–H groups in total. The minimum absolute atomic E-state index is 0.0301. The third kappa shape index (κ3) is 6.66. The van der Waals surface area contributed by atoms with Crippen LogP contribution in [0, 0.1) is 11.8 Å². The zero-order valence-corrected chi connectivity index (χ0v) is 21.2. The highest BCUT2D eigenvalue weighted by molar-refractivity contribution is 5.81. The lowest BCUT2D eigenvalue weighted by Gasteiger charge is -2.47. The van der Waals surface area contributed by atoms with Crippen LogP contribution in [0.3, 0.4) is 0 Å². The van der Waals surface area contributed by atoms with Crippen molar-refractivity contribution in [1.29, 1.82) is 0 Å². The van der Waals surface area contributed by atoms with Gasteiger partial charge < -0.3 is 25.4 Å². The van der Waals surface area contributed by atoms with Crippen molar-refractivity contribution in [3.8, 4) is 0 Å². The summed E-state index contributed by atoms with van der Waals surface area (Å²) in [4.78, 5) is 24.6. The molecule has 2 aliphatic heterocycles. The maximum absolute atomic E-state index is 13.5. The molecule has 3 aliphatic rings. The van der Waals surface area contributed by atoms with Gasteiger partial charge in [0.25, 0.3) is 0 Å². The molecule has 37 heavy (non-hydrogen) atoms. The van der Waals surface area contributed by atoms with Crippen molar-refractivity contribution in [2.24, 2.45) is 11.8 Å². The van der Waals surface area contributed by atoms with Gasteiger partial charge in [-0.1, -0.05) is 24.3 Å². The van der Waals surface area contributed by atoms with E-state index in [9.17, 15) is 22.8 Å². The van der Waals surface area contributed by atoms with E-state index in [1.165, 1.54) is 6.07 Å². The van der Waals surface area contributed by atoms with E-state index in [0.717, 1.165) is 18.6 Å². The maximum Gasteiger partial charge on any atom is 0.416 e. The number of benzene rings is 1. The lowest BCUT2D eigenvalue weighted by atomic mass is 9.73. The van der Waals surface area contributed by atoms with Gasteiger partial charge in [-0.3, -0.25) is 4.79 Å². The topological polar surface area (TPSA) is 88.7 Å². The molecule has 10 heteroatoms. The Hall–Kier alpha value is -3.01. The quantitative estimate of drug-likeness (QED) is 0.469. The van der Waals surface area contributed by atoms with E-state index in [-0.39, 0.29) is 36.9 Å². The Morgan fingerprint density at radius 3 is 2.54 bits per heavy atom. The maximum atomic E-state index is 13.5. The monoisotopic (exact) mass is 521 g/mol. The van der Waals surface area contributed by atoms with Crippen molar-refractivity contribution >= 4 is 17.7 Å². The molecule has 1 fully saturated rings. The van der Waals surface area contributed by atoms with Gasteiger partial charge in [0, 0.05) is 42.2 Å². The molecule has 1 unspecified atom stereocenters. The van der Waals surface area contributed by atoms with E-state index in [2.05, 4.69) is 28.1 Å². The fourth-order valence-corrected chi connectivity index (χ4v) is 5.17. The van der Waals surface area contributed by atoms with Crippen molar-refractivity contribution in [1.82, 2.24) is 10.6 Å². The standard InChI is InChI=1S/C27H34F3N3O4/c1-26(2,3)37-25(35)32-14-13-31-24(34)21-12-10-18-22(16-7-5-4-6-8-16)33-20-11-9-17(27(28,29)30)15-19(20)23(18)36-21/h4-7,9,11,15-16,18,21-23,33H,8,10,12-14H2,1-3H3,(H,31,34)(H,32,35)/t16?,18-,21-,22-,23-/m0/s1. The van der Waals surface area contributed by atoms with Gasteiger partial charge in [-0.25, -0.2) is 4.79 Å². The average Bonchev–Trinajstić information content (AvgIpc) is 2.84. The Balaban J connectivity index is 1.45. The third-order valence-electron chi connectivity index (χ3n) is 6.79. The number of carbonyl (C=O) groups is 2. The van der Waals surface area contributed by atoms with E-state index in [1.54, 1.807) is 20.8 Å².